The van der Waals surface area contributed by atoms with Crippen LogP contribution in [0.4, 0.5) is 0 Å². The fourth-order valence-corrected chi connectivity index (χ4v) is 1.27. The van der Waals surface area contributed by atoms with Gasteiger partial charge in [0.2, 0.25) is 0 Å². The van der Waals surface area contributed by atoms with Gasteiger partial charge >= 0.3 is 0 Å². The van der Waals surface area contributed by atoms with Crippen molar-refractivity contribution in [1.82, 2.24) is 0 Å². The molecule has 162 valence electrons. The van der Waals surface area contributed by atoms with Crippen LogP contribution < -0.4 is 0 Å². The molecule has 0 heterocycles. The second-order valence-corrected chi connectivity index (χ2v) is 6.85. The summed E-state index contributed by atoms with van der Waals surface area (Å²) in [5.41, 5.74) is 7.58. The quantitative estimate of drug-likeness (QED) is 0.266. The Bertz CT molecular complexity index is 552. The summed E-state index contributed by atoms with van der Waals surface area (Å²) in [5, 5.41) is 0.130. The van der Waals surface area contributed by atoms with E-state index in [1.54, 1.807) is 0 Å². The zero-order chi connectivity index (χ0) is 23.3. The molecule has 0 nitrogen and oxygen atoms in total. The smallest absolute Gasteiger partial charge is 0.0511 e. The highest BCUT2D eigenvalue weighted by Gasteiger charge is 1.92. The molecule has 1 aromatic rings. The number of hydrogen-bond donors (Lipinski definition) is 0. The monoisotopic (exact) mass is 406 g/mol. The van der Waals surface area contributed by atoms with Gasteiger partial charge in [-0.1, -0.05) is 94.0 Å². The van der Waals surface area contributed by atoms with E-state index in [-0.39, 0.29) is 5.38 Å². The number of aryl methyl sites for hydroxylation is 2. The van der Waals surface area contributed by atoms with Crippen LogP contribution >= 0.6 is 11.6 Å². The molecule has 0 spiro atoms. The van der Waals surface area contributed by atoms with E-state index < -0.39 is 0 Å². The number of benzene rings is 1. The summed E-state index contributed by atoms with van der Waals surface area (Å²) in [6, 6.07) is 6.38. The second kappa shape index (κ2) is 23.5. The van der Waals surface area contributed by atoms with Crippen molar-refractivity contribution in [3.8, 4) is 0 Å². The maximum absolute atomic E-state index is 5.51. The van der Waals surface area contributed by atoms with E-state index >= 15 is 0 Å². The maximum Gasteiger partial charge on any atom is 0.0511 e. The highest BCUT2D eigenvalue weighted by molar-refractivity contribution is 6.21. The molecular weight excluding hydrogens is 360 g/mol. The lowest BCUT2D eigenvalue weighted by Gasteiger charge is -2.00. The number of hydrogen-bond acceptors (Lipinski definition) is 0. The minimum atomic E-state index is 0.130. The van der Waals surface area contributed by atoms with E-state index in [9.17, 15) is 0 Å². The Hall–Kier alpha value is -1.53. The molecule has 0 amide bonds. The van der Waals surface area contributed by atoms with Crippen molar-refractivity contribution < 1.29 is 0 Å². The molecule has 0 fully saturated rings. The first-order valence-electron chi connectivity index (χ1n) is 10.3. The predicted molar refractivity (Wildman–Crippen MR) is 137 cm³/mol. The van der Waals surface area contributed by atoms with Crippen LogP contribution in [0.1, 0.15) is 79.0 Å². The van der Waals surface area contributed by atoms with Gasteiger partial charge in [-0.3, -0.25) is 0 Å². The van der Waals surface area contributed by atoms with Gasteiger partial charge in [0.1, 0.15) is 0 Å². The molecule has 1 rings (SSSR count). The summed E-state index contributed by atoms with van der Waals surface area (Å²) in [6.07, 6.45) is 6.14. The van der Waals surface area contributed by atoms with Crippen LogP contribution in [0.3, 0.4) is 0 Å². The molecule has 0 saturated carbocycles. The van der Waals surface area contributed by atoms with Gasteiger partial charge in [0.15, 0.2) is 0 Å². The molecule has 1 unspecified atom stereocenters. The fraction of sp³-hybridized carbons (Fsp3) is 0.481. The van der Waals surface area contributed by atoms with Gasteiger partial charge in [0.05, 0.1) is 5.38 Å². The Kier molecular flexibility index (Phi) is 28.6. The Balaban J connectivity index is -0.000000144. The highest BCUT2D eigenvalue weighted by Crippen LogP contribution is 2.10. The molecule has 0 saturated heterocycles. The molecule has 0 aromatic heterocycles. The topological polar surface area (TPSA) is 0 Å². The van der Waals surface area contributed by atoms with Gasteiger partial charge in [-0.15, -0.1) is 11.6 Å². The predicted octanol–water partition coefficient (Wildman–Crippen LogP) is 9.94. The van der Waals surface area contributed by atoms with Gasteiger partial charge in [0, 0.05) is 0 Å². The summed E-state index contributed by atoms with van der Waals surface area (Å²) in [6.45, 7) is 31.7. The van der Waals surface area contributed by atoms with Crippen LogP contribution in [0.5, 0.6) is 0 Å². The van der Waals surface area contributed by atoms with E-state index in [1.807, 2.05) is 61.5 Å². The molecule has 1 atom stereocenters. The van der Waals surface area contributed by atoms with Crippen molar-refractivity contribution in [2.45, 2.75) is 88.5 Å². The minimum absolute atomic E-state index is 0.130. The van der Waals surface area contributed by atoms with E-state index in [1.165, 1.54) is 22.3 Å². The van der Waals surface area contributed by atoms with Crippen molar-refractivity contribution in [2.75, 3.05) is 0 Å². The molecule has 0 aliphatic carbocycles. The summed E-state index contributed by atoms with van der Waals surface area (Å²) in [5.74, 6) is 0. The third-order valence-corrected chi connectivity index (χ3v) is 4.01. The molecule has 0 radical (unpaired) electrons. The zero-order valence-corrected chi connectivity index (χ0v) is 21.6. The summed E-state index contributed by atoms with van der Waals surface area (Å²) >= 11 is 5.51. The standard InChI is InChI=1S/C9H12.C9H14.C5H9Cl.2C2H6/c1-7-5-4-6-8(2)9(7)3;1-5-9(4)7-6-8(2)3;1-4(2)5(3)6;2*1-2/h4-6H,1-3H3;5-7H,2H2,1,3-4H3;5H,1H2,2-3H3;2*1-2H3/b;7-6-,9-5-;;;. The van der Waals surface area contributed by atoms with Crippen LogP contribution in [0.25, 0.3) is 0 Å². The third kappa shape index (κ3) is 24.5. The van der Waals surface area contributed by atoms with E-state index in [4.69, 9.17) is 11.6 Å². The van der Waals surface area contributed by atoms with Crippen molar-refractivity contribution in [3.05, 3.63) is 83.0 Å². The molecule has 1 heteroatoms. The number of rotatable bonds is 3. The molecule has 28 heavy (non-hydrogen) atoms. The normalized spacial score (nSPS) is 10.5. The van der Waals surface area contributed by atoms with Gasteiger partial charge in [-0.05, 0) is 72.1 Å². The number of allylic oxidation sites excluding steroid dienone is 6. The SMILES string of the molecule is C=C(C)/C=C\C(C)=C/C.C=C(C)C(C)Cl.CC.CC.Cc1cccc(C)c1C. The fourth-order valence-electron chi connectivity index (χ4n) is 1.27. The summed E-state index contributed by atoms with van der Waals surface area (Å²) in [4.78, 5) is 0. The number of halogens is 1. The minimum Gasteiger partial charge on any atom is -0.119 e. The molecule has 0 aliphatic rings. The second-order valence-electron chi connectivity index (χ2n) is 6.19. The molecular formula is C27H47Cl. The van der Waals surface area contributed by atoms with Crippen LogP contribution in [0, 0.1) is 20.8 Å². The number of alkyl halides is 1. The largest absolute Gasteiger partial charge is 0.119 e. The molecule has 0 aliphatic heterocycles. The Morgan fingerprint density at radius 2 is 1.25 bits per heavy atom. The van der Waals surface area contributed by atoms with Crippen molar-refractivity contribution in [3.63, 3.8) is 0 Å². The lowest BCUT2D eigenvalue weighted by atomic mass is 10.1. The highest BCUT2D eigenvalue weighted by atomic mass is 35.5. The Morgan fingerprint density at radius 1 is 0.893 bits per heavy atom. The van der Waals surface area contributed by atoms with Crippen LogP contribution in [0.15, 0.2) is 66.3 Å². The van der Waals surface area contributed by atoms with Crippen molar-refractivity contribution in [2.24, 2.45) is 0 Å². The van der Waals surface area contributed by atoms with Gasteiger partial charge < -0.3 is 0 Å². The third-order valence-electron chi connectivity index (χ3n) is 3.64. The lowest BCUT2D eigenvalue weighted by Crippen LogP contribution is -1.87. The van der Waals surface area contributed by atoms with E-state index in [0.29, 0.717) is 0 Å². The van der Waals surface area contributed by atoms with Crippen molar-refractivity contribution in [1.29, 1.82) is 0 Å². The van der Waals surface area contributed by atoms with Crippen LogP contribution in [0.2, 0.25) is 0 Å². The average molecular weight is 407 g/mol. The van der Waals surface area contributed by atoms with Gasteiger partial charge in [-0.25, -0.2) is 0 Å². The first kappa shape index (κ1) is 34.0. The Labute approximate surface area is 183 Å². The first-order valence-corrected chi connectivity index (χ1v) is 10.7. The van der Waals surface area contributed by atoms with E-state index in [0.717, 1.165) is 11.1 Å². The van der Waals surface area contributed by atoms with Crippen molar-refractivity contribution >= 4 is 11.6 Å². The average Bonchev–Trinajstić information content (AvgIpc) is 2.68. The van der Waals surface area contributed by atoms with Gasteiger partial charge in [-0.2, -0.15) is 0 Å². The zero-order valence-electron chi connectivity index (χ0n) is 20.8. The van der Waals surface area contributed by atoms with Gasteiger partial charge in [0.25, 0.3) is 0 Å². The van der Waals surface area contributed by atoms with Crippen LogP contribution in [-0.2, 0) is 0 Å². The molecule has 0 bridgehead atoms. The lowest BCUT2D eigenvalue weighted by molar-refractivity contribution is 1.12. The molecule has 0 N–H and O–H groups in total. The van der Waals surface area contributed by atoms with E-state index in [2.05, 4.69) is 71.2 Å². The Morgan fingerprint density at radius 3 is 1.46 bits per heavy atom. The summed E-state index contributed by atoms with van der Waals surface area (Å²) in [7, 11) is 0. The molecule has 1 aromatic carbocycles. The summed E-state index contributed by atoms with van der Waals surface area (Å²) < 4.78 is 0. The first-order chi connectivity index (χ1) is 13.0. The van der Waals surface area contributed by atoms with Crippen LogP contribution in [-0.4, -0.2) is 5.38 Å². The maximum atomic E-state index is 5.51.